The summed E-state index contributed by atoms with van der Waals surface area (Å²) in [6.07, 6.45) is 1.47. The predicted molar refractivity (Wildman–Crippen MR) is 107 cm³/mol. The quantitative estimate of drug-likeness (QED) is 0.500. The van der Waals surface area contributed by atoms with Gasteiger partial charge in [-0.25, -0.2) is 0 Å². The van der Waals surface area contributed by atoms with E-state index in [1.165, 1.54) is 25.2 Å². The molecule has 0 bridgehead atoms. The Balaban J connectivity index is 2.06. The zero-order valence-electron chi connectivity index (χ0n) is 15.1. The Bertz CT molecular complexity index is 951. The number of nitrogens with one attached hydrogen (secondary N) is 1. The first kappa shape index (κ1) is 18.6. The van der Waals surface area contributed by atoms with Crippen LogP contribution in [0.2, 0.25) is 0 Å². The third-order valence-corrected chi connectivity index (χ3v) is 4.41. The van der Waals surface area contributed by atoms with Crippen molar-refractivity contribution in [3.8, 4) is 11.5 Å². The maximum atomic E-state index is 13.0. The number of hydrogen-bond donors (Lipinski definition) is 1. The normalized spacial score (nSPS) is 15.7. The number of ether oxygens (including phenoxy) is 2. The van der Waals surface area contributed by atoms with Crippen molar-refractivity contribution >= 4 is 40.9 Å². The first-order valence-corrected chi connectivity index (χ1v) is 8.56. The van der Waals surface area contributed by atoms with Gasteiger partial charge in [0.1, 0.15) is 5.57 Å². The number of carbonyl (C=O) groups excluding carboxylic acids is 2. The number of anilines is 1. The molecule has 1 fully saturated rings. The molecule has 138 valence electrons. The number of nitrogens with zero attached hydrogens (tertiary/aromatic N) is 1. The summed E-state index contributed by atoms with van der Waals surface area (Å²) < 4.78 is 10.6. The van der Waals surface area contributed by atoms with Crippen molar-refractivity contribution < 1.29 is 19.1 Å². The molecular formula is C20H18N2O4S. The summed E-state index contributed by atoms with van der Waals surface area (Å²) in [6, 6.07) is 12.5. The lowest BCUT2D eigenvalue weighted by Crippen LogP contribution is -2.54. The molecule has 1 saturated heterocycles. The van der Waals surface area contributed by atoms with Crippen molar-refractivity contribution in [1.29, 1.82) is 0 Å². The molecule has 1 aliphatic heterocycles. The zero-order valence-corrected chi connectivity index (χ0v) is 15.9. The van der Waals surface area contributed by atoms with Gasteiger partial charge < -0.3 is 9.47 Å². The molecule has 7 heteroatoms. The maximum absolute atomic E-state index is 13.0. The van der Waals surface area contributed by atoms with E-state index >= 15 is 0 Å². The second-order valence-corrected chi connectivity index (χ2v) is 6.26. The average molecular weight is 382 g/mol. The summed E-state index contributed by atoms with van der Waals surface area (Å²) >= 11 is 5.20. The highest BCUT2D eigenvalue weighted by molar-refractivity contribution is 7.80. The number of aryl methyl sites for hydroxylation is 1. The fourth-order valence-electron chi connectivity index (χ4n) is 2.77. The van der Waals surface area contributed by atoms with Gasteiger partial charge in [-0.15, -0.1) is 0 Å². The number of hydrogen-bond acceptors (Lipinski definition) is 5. The van der Waals surface area contributed by atoms with Gasteiger partial charge in [-0.3, -0.25) is 19.8 Å². The summed E-state index contributed by atoms with van der Waals surface area (Å²) in [5.41, 5.74) is 2.14. The Hall–Kier alpha value is -3.19. The van der Waals surface area contributed by atoms with E-state index in [2.05, 4.69) is 5.32 Å². The minimum absolute atomic E-state index is 0.0450. The molecule has 2 aromatic rings. The molecule has 0 aromatic heterocycles. The minimum Gasteiger partial charge on any atom is -0.493 e. The number of methoxy groups -OCH3 is 2. The lowest BCUT2D eigenvalue weighted by Gasteiger charge is -2.29. The molecule has 1 aliphatic rings. The summed E-state index contributed by atoms with van der Waals surface area (Å²) in [7, 11) is 3.02. The predicted octanol–water partition coefficient (Wildman–Crippen LogP) is 2.84. The van der Waals surface area contributed by atoms with Crippen LogP contribution in [0.15, 0.2) is 48.0 Å². The number of thiocarbonyl (C=S) groups is 1. The molecule has 0 radical (unpaired) electrons. The molecular weight excluding hydrogens is 364 g/mol. The van der Waals surface area contributed by atoms with Gasteiger partial charge in [-0.1, -0.05) is 29.8 Å². The topological polar surface area (TPSA) is 67.9 Å². The number of para-hydroxylation sites is 1. The van der Waals surface area contributed by atoms with Crippen LogP contribution in [0.4, 0.5) is 5.69 Å². The van der Waals surface area contributed by atoms with E-state index in [1.54, 1.807) is 30.3 Å². The van der Waals surface area contributed by atoms with Crippen LogP contribution in [0.1, 0.15) is 11.1 Å². The largest absolute Gasteiger partial charge is 0.493 e. The molecule has 0 unspecified atom stereocenters. The van der Waals surface area contributed by atoms with Crippen molar-refractivity contribution in [2.24, 2.45) is 0 Å². The van der Waals surface area contributed by atoms with Crippen LogP contribution in [0.3, 0.4) is 0 Å². The Labute approximate surface area is 162 Å². The van der Waals surface area contributed by atoms with Gasteiger partial charge in [0.25, 0.3) is 11.8 Å². The van der Waals surface area contributed by atoms with E-state index in [0.717, 1.165) is 5.56 Å². The standard InChI is InChI=1S/C20H18N2O4S/c1-12-7-9-14(10-8-12)22-19(24)15(18(23)21-20(22)27)11-13-5-4-6-16(25-2)17(13)26-3/h4-11H,1-3H3,(H,21,23,27). The molecule has 2 aromatic carbocycles. The maximum Gasteiger partial charge on any atom is 0.270 e. The van der Waals surface area contributed by atoms with E-state index in [-0.39, 0.29) is 10.7 Å². The summed E-state index contributed by atoms with van der Waals surface area (Å²) in [5, 5.41) is 2.61. The van der Waals surface area contributed by atoms with Gasteiger partial charge in [0, 0.05) is 5.56 Å². The van der Waals surface area contributed by atoms with Crippen molar-refractivity contribution in [3.05, 3.63) is 59.2 Å². The molecule has 1 N–H and O–H groups in total. The van der Waals surface area contributed by atoms with Crippen molar-refractivity contribution in [3.63, 3.8) is 0 Å². The van der Waals surface area contributed by atoms with E-state index in [9.17, 15) is 9.59 Å². The second kappa shape index (κ2) is 7.59. The lowest BCUT2D eigenvalue weighted by molar-refractivity contribution is -0.122. The third kappa shape index (κ3) is 3.54. The highest BCUT2D eigenvalue weighted by Crippen LogP contribution is 2.33. The van der Waals surface area contributed by atoms with Gasteiger partial charge in [-0.2, -0.15) is 0 Å². The molecule has 27 heavy (non-hydrogen) atoms. The average Bonchev–Trinajstić information content (AvgIpc) is 2.66. The van der Waals surface area contributed by atoms with E-state index in [4.69, 9.17) is 21.7 Å². The highest BCUT2D eigenvalue weighted by Gasteiger charge is 2.34. The molecule has 0 spiro atoms. The van der Waals surface area contributed by atoms with Gasteiger partial charge in [0.05, 0.1) is 19.9 Å². The summed E-state index contributed by atoms with van der Waals surface area (Å²) in [4.78, 5) is 26.7. The minimum atomic E-state index is -0.557. The van der Waals surface area contributed by atoms with E-state index in [1.807, 2.05) is 19.1 Å². The molecule has 3 rings (SSSR count). The van der Waals surface area contributed by atoms with Gasteiger partial charge in [0.15, 0.2) is 16.6 Å². The fourth-order valence-corrected chi connectivity index (χ4v) is 3.05. The molecule has 0 atom stereocenters. The SMILES string of the molecule is COc1cccc(C=C2C(=O)NC(=S)N(c3ccc(C)cc3)C2=O)c1OC. The Morgan fingerprint density at radius 1 is 1.04 bits per heavy atom. The molecule has 2 amide bonds. The first-order valence-electron chi connectivity index (χ1n) is 8.15. The van der Waals surface area contributed by atoms with Crippen LogP contribution >= 0.6 is 12.2 Å². The molecule has 0 aliphatic carbocycles. The van der Waals surface area contributed by atoms with E-state index in [0.29, 0.717) is 22.7 Å². The Morgan fingerprint density at radius 3 is 2.37 bits per heavy atom. The monoisotopic (exact) mass is 382 g/mol. The van der Waals surface area contributed by atoms with E-state index < -0.39 is 11.8 Å². The second-order valence-electron chi connectivity index (χ2n) is 5.88. The Morgan fingerprint density at radius 2 is 1.74 bits per heavy atom. The van der Waals surface area contributed by atoms with Crippen LogP contribution in [0, 0.1) is 6.92 Å². The van der Waals surface area contributed by atoms with Gasteiger partial charge in [-0.05, 0) is 43.4 Å². The highest BCUT2D eigenvalue weighted by atomic mass is 32.1. The van der Waals surface area contributed by atoms with Gasteiger partial charge in [0.2, 0.25) is 0 Å². The van der Waals surface area contributed by atoms with Crippen LogP contribution < -0.4 is 19.7 Å². The number of rotatable bonds is 4. The number of amides is 2. The van der Waals surface area contributed by atoms with Crippen LogP contribution in [0.5, 0.6) is 11.5 Å². The van der Waals surface area contributed by atoms with Crippen molar-refractivity contribution in [2.75, 3.05) is 19.1 Å². The lowest BCUT2D eigenvalue weighted by atomic mass is 10.1. The van der Waals surface area contributed by atoms with Gasteiger partial charge >= 0.3 is 0 Å². The molecule has 6 nitrogen and oxygen atoms in total. The fraction of sp³-hybridized carbons (Fsp3) is 0.150. The molecule has 0 saturated carbocycles. The van der Waals surface area contributed by atoms with Crippen molar-refractivity contribution in [1.82, 2.24) is 5.32 Å². The van der Waals surface area contributed by atoms with Crippen LogP contribution in [-0.4, -0.2) is 31.1 Å². The summed E-state index contributed by atoms with van der Waals surface area (Å²) in [5.74, 6) is -0.125. The van der Waals surface area contributed by atoms with Crippen LogP contribution in [0.25, 0.3) is 6.08 Å². The Kier molecular flexibility index (Phi) is 5.23. The summed E-state index contributed by atoms with van der Waals surface area (Å²) in [6.45, 7) is 1.95. The molecule has 1 heterocycles. The van der Waals surface area contributed by atoms with Crippen molar-refractivity contribution in [2.45, 2.75) is 6.92 Å². The first-order chi connectivity index (χ1) is 13.0. The van der Waals surface area contributed by atoms with Crippen LogP contribution in [-0.2, 0) is 9.59 Å². The zero-order chi connectivity index (χ0) is 19.6. The smallest absolute Gasteiger partial charge is 0.270 e. The number of carbonyl (C=O) groups is 2. The number of benzene rings is 2. The third-order valence-electron chi connectivity index (χ3n) is 4.13.